The van der Waals surface area contributed by atoms with Gasteiger partial charge in [-0.15, -0.1) is 0 Å². The van der Waals surface area contributed by atoms with Gasteiger partial charge >= 0.3 is 0 Å². The molecule has 2 atom stereocenters. The van der Waals surface area contributed by atoms with Gasteiger partial charge in [0.15, 0.2) is 0 Å². The summed E-state index contributed by atoms with van der Waals surface area (Å²) < 4.78 is 5.92. The van der Waals surface area contributed by atoms with E-state index in [9.17, 15) is 0 Å². The van der Waals surface area contributed by atoms with Crippen molar-refractivity contribution in [1.82, 2.24) is 5.32 Å². The average molecular weight is 251 g/mol. The Hall–Kier alpha value is -1.06. The summed E-state index contributed by atoms with van der Waals surface area (Å²) in [5.74, 6) is 0.917. The van der Waals surface area contributed by atoms with E-state index in [1.165, 1.54) is 16.7 Å². The number of nitrogens with one attached hydrogen (secondary N) is 1. The topological polar surface area (TPSA) is 41.5 Å². The fraction of sp³-hybridized carbons (Fsp3) is 0.600. The van der Waals surface area contributed by atoms with E-state index in [2.05, 4.69) is 38.2 Å². The number of aliphatic hydroxyl groups excluding tert-OH is 1. The number of hydrogen-bond donors (Lipinski definition) is 2. The van der Waals surface area contributed by atoms with Gasteiger partial charge in [-0.1, -0.05) is 13.0 Å². The lowest BCUT2D eigenvalue weighted by Gasteiger charge is -2.23. The van der Waals surface area contributed by atoms with Gasteiger partial charge in [-0.3, -0.25) is 5.32 Å². The number of benzene rings is 1. The third-order valence-corrected chi connectivity index (χ3v) is 3.25. The highest BCUT2D eigenvalue weighted by atomic mass is 16.5. The fourth-order valence-corrected chi connectivity index (χ4v) is 1.98. The van der Waals surface area contributed by atoms with E-state index in [1.807, 2.05) is 13.8 Å². The van der Waals surface area contributed by atoms with Crippen LogP contribution < -0.4 is 10.1 Å². The molecule has 0 aliphatic heterocycles. The Morgan fingerprint density at radius 2 is 1.94 bits per heavy atom. The van der Waals surface area contributed by atoms with Crippen molar-refractivity contribution in [3.63, 3.8) is 0 Å². The number of aryl methyl sites for hydroxylation is 2. The van der Waals surface area contributed by atoms with Crippen molar-refractivity contribution in [3.05, 3.63) is 28.8 Å². The van der Waals surface area contributed by atoms with E-state index in [-0.39, 0.29) is 18.9 Å². The standard InChI is InChI=1S/C15H25NO2/c1-6-14(9-17)16-13(5)18-15-8-10(2)7-11(3)12(15)4/h7-8,13-14,16-17H,6,9H2,1-5H3/t13?,14-/m0/s1. The molecule has 0 heterocycles. The second kappa shape index (κ2) is 6.76. The molecule has 0 amide bonds. The van der Waals surface area contributed by atoms with Gasteiger partial charge in [0, 0.05) is 6.04 Å². The Morgan fingerprint density at radius 1 is 1.28 bits per heavy atom. The van der Waals surface area contributed by atoms with Crippen LogP contribution in [0.1, 0.15) is 37.0 Å². The summed E-state index contributed by atoms with van der Waals surface area (Å²) >= 11 is 0. The second-order valence-electron chi connectivity index (χ2n) is 4.92. The molecule has 18 heavy (non-hydrogen) atoms. The van der Waals surface area contributed by atoms with Gasteiger partial charge in [-0.05, 0) is 56.9 Å². The Bertz CT molecular complexity index is 386. The Kier molecular flexibility index (Phi) is 5.63. The highest BCUT2D eigenvalue weighted by Crippen LogP contribution is 2.24. The molecule has 0 fully saturated rings. The van der Waals surface area contributed by atoms with Crippen LogP contribution in [0, 0.1) is 20.8 Å². The first-order valence-electron chi connectivity index (χ1n) is 6.59. The normalized spacial score (nSPS) is 14.3. The molecule has 0 aliphatic carbocycles. The maximum absolute atomic E-state index is 9.17. The minimum atomic E-state index is -0.109. The van der Waals surface area contributed by atoms with Crippen molar-refractivity contribution in [3.8, 4) is 5.75 Å². The summed E-state index contributed by atoms with van der Waals surface area (Å²) in [4.78, 5) is 0. The van der Waals surface area contributed by atoms with E-state index in [0.29, 0.717) is 0 Å². The largest absolute Gasteiger partial charge is 0.475 e. The minimum absolute atomic E-state index is 0.0891. The van der Waals surface area contributed by atoms with Gasteiger partial charge in [0.05, 0.1) is 6.61 Å². The highest BCUT2D eigenvalue weighted by Gasteiger charge is 2.12. The number of rotatable bonds is 6. The van der Waals surface area contributed by atoms with Crippen LogP contribution in [0.4, 0.5) is 0 Å². The van der Waals surface area contributed by atoms with Crippen LogP contribution in [0.2, 0.25) is 0 Å². The van der Waals surface area contributed by atoms with Crippen molar-refractivity contribution in [1.29, 1.82) is 0 Å². The minimum Gasteiger partial charge on any atom is -0.475 e. The zero-order valence-electron chi connectivity index (χ0n) is 12.1. The molecular formula is C15H25NO2. The monoisotopic (exact) mass is 251 g/mol. The summed E-state index contributed by atoms with van der Waals surface area (Å²) in [7, 11) is 0. The molecule has 1 aromatic carbocycles. The molecule has 2 N–H and O–H groups in total. The van der Waals surface area contributed by atoms with Gasteiger partial charge in [0.1, 0.15) is 12.0 Å². The van der Waals surface area contributed by atoms with Gasteiger partial charge in [0.2, 0.25) is 0 Å². The summed E-state index contributed by atoms with van der Waals surface area (Å²) in [6.07, 6.45) is 0.776. The van der Waals surface area contributed by atoms with Gasteiger partial charge < -0.3 is 9.84 Å². The first-order chi connectivity index (χ1) is 8.47. The molecule has 102 valence electrons. The lowest BCUT2D eigenvalue weighted by atomic mass is 10.1. The number of ether oxygens (including phenoxy) is 1. The maximum Gasteiger partial charge on any atom is 0.147 e. The average Bonchev–Trinajstić information content (AvgIpc) is 2.32. The molecule has 3 nitrogen and oxygen atoms in total. The second-order valence-corrected chi connectivity index (χ2v) is 4.92. The molecule has 0 radical (unpaired) electrons. The van der Waals surface area contributed by atoms with Crippen LogP contribution in [0.5, 0.6) is 5.75 Å². The van der Waals surface area contributed by atoms with Gasteiger partial charge in [-0.25, -0.2) is 0 Å². The lowest BCUT2D eigenvalue weighted by molar-refractivity contribution is 0.136. The zero-order valence-corrected chi connectivity index (χ0v) is 12.1. The van der Waals surface area contributed by atoms with Crippen molar-refractivity contribution in [2.24, 2.45) is 0 Å². The van der Waals surface area contributed by atoms with Crippen molar-refractivity contribution in [2.75, 3.05) is 6.61 Å². The van der Waals surface area contributed by atoms with Gasteiger partial charge in [-0.2, -0.15) is 0 Å². The number of hydrogen-bond acceptors (Lipinski definition) is 3. The molecule has 0 saturated carbocycles. The first kappa shape index (κ1) is 15.0. The van der Waals surface area contributed by atoms with E-state index in [0.717, 1.165) is 12.2 Å². The van der Waals surface area contributed by atoms with Crippen LogP contribution >= 0.6 is 0 Å². The summed E-state index contributed by atoms with van der Waals surface area (Å²) in [6.45, 7) is 10.4. The molecule has 1 unspecified atom stereocenters. The van der Waals surface area contributed by atoms with Crippen molar-refractivity contribution >= 4 is 0 Å². The highest BCUT2D eigenvalue weighted by molar-refractivity contribution is 5.42. The van der Waals surface area contributed by atoms with Crippen molar-refractivity contribution in [2.45, 2.75) is 53.3 Å². The predicted molar refractivity (Wildman–Crippen MR) is 75.0 cm³/mol. The zero-order chi connectivity index (χ0) is 13.7. The lowest BCUT2D eigenvalue weighted by Crippen LogP contribution is -2.41. The molecule has 0 aromatic heterocycles. The van der Waals surface area contributed by atoms with Crippen LogP contribution in [0.15, 0.2) is 12.1 Å². The van der Waals surface area contributed by atoms with Crippen molar-refractivity contribution < 1.29 is 9.84 Å². The van der Waals surface area contributed by atoms with Crippen LogP contribution in [0.3, 0.4) is 0 Å². The quantitative estimate of drug-likeness (QED) is 0.764. The predicted octanol–water partition coefficient (Wildman–Crippen LogP) is 2.70. The fourth-order valence-electron chi connectivity index (χ4n) is 1.98. The van der Waals surface area contributed by atoms with Crippen LogP contribution in [-0.2, 0) is 0 Å². The molecule has 0 aliphatic rings. The molecule has 0 spiro atoms. The first-order valence-corrected chi connectivity index (χ1v) is 6.59. The molecule has 0 saturated heterocycles. The molecular weight excluding hydrogens is 226 g/mol. The molecule has 0 bridgehead atoms. The van der Waals surface area contributed by atoms with E-state index in [4.69, 9.17) is 9.84 Å². The van der Waals surface area contributed by atoms with E-state index < -0.39 is 0 Å². The SMILES string of the molecule is CC[C@@H](CO)NC(C)Oc1cc(C)cc(C)c1C. The Labute approximate surface area is 110 Å². The van der Waals surface area contributed by atoms with Crippen LogP contribution in [0.25, 0.3) is 0 Å². The molecule has 1 aromatic rings. The summed E-state index contributed by atoms with van der Waals surface area (Å²) in [6, 6.07) is 4.30. The van der Waals surface area contributed by atoms with Gasteiger partial charge in [0.25, 0.3) is 0 Å². The third kappa shape index (κ3) is 4.00. The Morgan fingerprint density at radius 3 is 2.50 bits per heavy atom. The van der Waals surface area contributed by atoms with E-state index in [1.54, 1.807) is 0 Å². The third-order valence-electron chi connectivity index (χ3n) is 3.25. The maximum atomic E-state index is 9.17. The summed E-state index contributed by atoms with van der Waals surface area (Å²) in [5.41, 5.74) is 3.62. The van der Waals surface area contributed by atoms with E-state index >= 15 is 0 Å². The number of aliphatic hydroxyl groups is 1. The molecule has 1 rings (SSSR count). The smallest absolute Gasteiger partial charge is 0.147 e. The van der Waals surface area contributed by atoms with Crippen LogP contribution in [-0.4, -0.2) is 24.0 Å². The summed E-state index contributed by atoms with van der Waals surface area (Å²) in [5, 5.41) is 12.4. The molecule has 3 heteroatoms. The Balaban J connectivity index is 2.72.